The normalized spacial score (nSPS) is 12.1. The van der Waals surface area contributed by atoms with Crippen LogP contribution in [0.4, 0.5) is 4.39 Å². The van der Waals surface area contributed by atoms with Crippen LogP contribution in [-0.2, 0) is 16.1 Å². The molecule has 0 radical (unpaired) electrons. The molecule has 0 saturated carbocycles. The fourth-order valence-corrected chi connectivity index (χ4v) is 3.23. The third-order valence-corrected chi connectivity index (χ3v) is 4.71. The lowest BCUT2D eigenvalue weighted by Crippen LogP contribution is -2.31. The second kappa shape index (κ2) is 8.87. The molecule has 2 aromatic rings. The molecule has 4 nitrogen and oxygen atoms in total. The van der Waals surface area contributed by atoms with Crippen LogP contribution in [0.15, 0.2) is 47.4 Å². The van der Waals surface area contributed by atoms with Crippen molar-refractivity contribution in [2.45, 2.75) is 17.5 Å². The van der Waals surface area contributed by atoms with Crippen molar-refractivity contribution in [1.82, 2.24) is 4.90 Å². The van der Waals surface area contributed by atoms with E-state index in [4.69, 9.17) is 9.47 Å². The van der Waals surface area contributed by atoms with Gasteiger partial charge in [0.25, 0.3) is 0 Å². The lowest BCUT2D eigenvalue weighted by atomic mass is 10.0. The van der Waals surface area contributed by atoms with Gasteiger partial charge in [-0.15, -0.1) is 11.8 Å². The molecule has 2 rings (SSSR count). The minimum absolute atomic E-state index is 0.340. The van der Waals surface area contributed by atoms with Gasteiger partial charge in [-0.2, -0.15) is 0 Å². The van der Waals surface area contributed by atoms with Gasteiger partial charge in [-0.05, 0) is 48.7 Å². The molecule has 0 aliphatic carbocycles. The van der Waals surface area contributed by atoms with Crippen molar-refractivity contribution >= 4 is 17.7 Å². The van der Waals surface area contributed by atoms with Crippen LogP contribution in [0.1, 0.15) is 17.2 Å². The average Bonchev–Trinajstić information content (AvgIpc) is 2.63. The number of methoxy groups -OCH3 is 2. The number of carbonyl (C=O) groups is 1. The molecule has 134 valence electrons. The molecule has 2 aromatic carbocycles. The number of thioether (sulfide) groups is 1. The number of hydrogen-bond acceptors (Lipinski definition) is 5. The molecule has 1 unspecified atom stereocenters. The fraction of sp³-hybridized carbons (Fsp3) is 0.316. The molecule has 0 amide bonds. The summed E-state index contributed by atoms with van der Waals surface area (Å²) in [7, 11) is 4.82. The Balaban J connectivity index is 2.26. The minimum Gasteiger partial charge on any atom is -0.496 e. The Labute approximate surface area is 151 Å². The molecule has 0 bridgehead atoms. The Morgan fingerprint density at radius 2 is 1.88 bits per heavy atom. The molecule has 25 heavy (non-hydrogen) atoms. The summed E-state index contributed by atoms with van der Waals surface area (Å²) in [6.07, 6.45) is 1.99. The summed E-state index contributed by atoms with van der Waals surface area (Å²) in [5.74, 6) is 0.0732. The van der Waals surface area contributed by atoms with Gasteiger partial charge in [0, 0.05) is 11.4 Å². The highest BCUT2D eigenvalue weighted by molar-refractivity contribution is 7.98. The summed E-state index contributed by atoms with van der Waals surface area (Å²) < 4.78 is 23.5. The third-order valence-electron chi connectivity index (χ3n) is 3.93. The van der Waals surface area contributed by atoms with Gasteiger partial charge in [-0.1, -0.05) is 18.2 Å². The van der Waals surface area contributed by atoms with Crippen molar-refractivity contribution in [3.63, 3.8) is 0 Å². The van der Waals surface area contributed by atoms with Crippen LogP contribution in [0, 0.1) is 5.82 Å². The second-order valence-corrected chi connectivity index (χ2v) is 6.43. The first-order valence-electron chi connectivity index (χ1n) is 7.74. The maximum atomic E-state index is 13.2. The summed E-state index contributed by atoms with van der Waals surface area (Å²) in [6, 6.07) is 11.2. The van der Waals surface area contributed by atoms with Crippen LogP contribution in [0.2, 0.25) is 0 Å². The molecule has 0 aliphatic rings. The Morgan fingerprint density at radius 3 is 2.44 bits per heavy atom. The number of hydrogen-bond donors (Lipinski definition) is 0. The summed E-state index contributed by atoms with van der Waals surface area (Å²) >= 11 is 1.61. The van der Waals surface area contributed by atoms with E-state index in [0.717, 1.165) is 16.2 Å². The SMILES string of the molecule is COC(=O)C(c1ccc(F)cc1)N(C)Cc1ccc(SC)c(OC)c1. The number of rotatable bonds is 7. The quantitative estimate of drug-likeness (QED) is 0.551. The van der Waals surface area contributed by atoms with E-state index in [-0.39, 0.29) is 11.8 Å². The predicted octanol–water partition coefficient (Wildman–Crippen LogP) is 3.90. The van der Waals surface area contributed by atoms with Crippen LogP contribution < -0.4 is 4.74 Å². The zero-order chi connectivity index (χ0) is 18.4. The molecule has 0 aliphatic heterocycles. The molecule has 0 fully saturated rings. The second-order valence-electron chi connectivity index (χ2n) is 5.58. The Bertz CT molecular complexity index is 721. The van der Waals surface area contributed by atoms with Gasteiger partial charge in [-0.3, -0.25) is 4.90 Å². The largest absolute Gasteiger partial charge is 0.496 e. The monoisotopic (exact) mass is 363 g/mol. The van der Waals surface area contributed by atoms with E-state index in [1.54, 1.807) is 31.0 Å². The number of carbonyl (C=O) groups excluding carboxylic acids is 1. The maximum Gasteiger partial charge on any atom is 0.327 e. The van der Waals surface area contributed by atoms with Crippen molar-refractivity contribution in [2.24, 2.45) is 0 Å². The molecule has 0 aromatic heterocycles. The zero-order valence-electron chi connectivity index (χ0n) is 14.8. The summed E-state index contributed by atoms with van der Waals surface area (Å²) in [5, 5.41) is 0. The Hall–Kier alpha value is -2.05. The number of halogens is 1. The highest BCUT2D eigenvalue weighted by atomic mass is 32.2. The highest BCUT2D eigenvalue weighted by Crippen LogP contribution is 2.30. The number of ether oxygens (including phenoxy) is 2. The maximum absolute atomic E-state index is 13.2. The minimum atomic E-state index is -0.614. The Kier molecular flexibility index (Phi) is 6.84. The van der Waals surface area contributed by atoms with E-state index in [0.29, 0.717) is 12.1 Å². The summed E-state index contributed by atoms with van der Waals surface area (Å²) in [4.78, 5) is 15.2. The Morgan fingerprint density at radius 1 is 1.20 bits per heavy atom. The van der Waals surface area contributed by atoms with Gasteiger partial charge in [0.15, 0.2) is 0 Å². The van der Waals surface area contributed by atoms with E-state index in [1.807, 2.05) is 36.4 Å². The molecule has 0 spiro atoms. The zero-order valence-corrected chi connectivity index (χ0v) is 15.6. The number of nitrogens with zero attached hydrogens (tertiary/aromatic N) is 1. The van der Waals surface area contributed by atoms with Gasteiger partial charge in [0.1, 0.15) is 17.6 Å². The van der Waals surface area contributed by atoms with Gasteiger partial charge in [0.2, 0.25) is 0 Å². The van der Waals surface area contributed by atoms with Gasteiger partial charge in [0.05, 0.1) is 14.2 Å². The standard InChI is InChI=1S/C19H22FNO3S/c1-21(12-13-5-10-17(25-4)16(11-13)23-2)18(19(22)24-3)14-6-8-15(20)9-7-14/h5-11,18H,12H2,1-4H3. The molecular formula is C19H22FNO3S. The highest BCUT2D eigenvalue weighted by Gasteiger charge is 2.26. The summed E-state index contributed by atoms with van der Waals surface area (Å²) in [5.41, 5.74) is 1.69. The first-order chi connectivity index (χ1) is 12.0. The smallest absolute Gasteiger partial charge is 0.327 e. The van der Waals surface area contributed by atoms with Crippen molar-refractivity contribution in [1.29, 1.82) is 0 Å². The lowest BCUT2D eigenvalue weighted by Gasteiger charge is -2.26. The molecule has 0 saturated heterocycles. The molecule has 1 atom stereocenters. The summed E-state index contributed by atoms with van der Waals surface area (Å²) in [6.45, 7) is 0.516. The molecule has 6 heteroatoms. The van der Waals surface area contributed by atoms with Gasteiger partial charge in [-0.25, -0.2) is 9.18 Å². The first-order valence-corrected chi connectivity index (χ1v) is 8.97. The number of benzene rings is 2. The third kappa shape index (κ3) is 4.74. The van der Waals surface area contributed by atoms with Gasteiger partial charge < -0.3 is 9.47 Å². The van der Waals surface area contributed by atoms with Crippen LogP contribution in [-0.4, -0.2) is 38.4 Å². The van der Waals surface area contributed by atoms with Crippen molar-refractivity contribution in [3.8, 4) is 5.75 Å². The molecule has 0 N–H and O–H groups in total. The van der Waals surface area contributed by atoms with Crippen molar-refractivity contribution in [2.75, 3.05) is 27.5 Å². The van der Waals surface area contributed by atoms with Crippen LogP contribution in [0.3, 0.4) is 0 Å². The van der Waals surface area contributed by atoms with E-state index >= 15 is 0 Å². The fourth-order valence-electron chi connectivity index (χ4n) is 2.69. The van der Waals surface area contributed by atoms with Crippen LogP contribution in [0.5, 0.6) is 5.75 Å². The van der Waals surface area contributed by atoms with Crippen LogP contribution >= 0.6 is 11.8 Å². The van der Waals surface area contributed by atoms with E-state index in [9.17, 15) is 9.18 Å². The molecule has 0 heterocycles. The lowest BCUT2D eigenvalue weighted by molar-refractivity contribution is -0.147. The average molecular weight is 363 g/mol. The first kappa shape index (κ1) is 19.3. The van der Waals surface area contributed by atoms with E-state index in [1.165, 1.54) is 19.2 Å². The number of esters is 1. The van der Waals surface area contributed by atoms with Crippen LogP contribution in [0.25, 0.3) is 0 Å². The van der Waals surface area contributed by atoms with Gasteiger partial charge >= 0.3 is 5.97 Å². The van der Waals surface area contributed by atoms with Crippen molar-refractivity contribution < 1.29 is 18.7 Å². The van der Waals surface area contributed by atoms with Crippen molar-refractivity contribution in [3.05, 3.63) is 59.4 Å². The topological polar surface area (TPSA) is 38.8 Å². The number of likely N-dealkylation sites (N-methyl/N-ethyl adjacent to an activating group) is 1. The molecular weight excluding hydrogens is 341 g/mol. The van der Waals surface area contributed by atoms with E-state index < -0.39 is 6.04 Å². The predicted molar refractivity (Wildman–Crippen MR) is 97.4 cm³/mol. The van der Waals surface area contributed by atoms with E-state index in [2.05, 4.69) is 0 Å².